The maximum atomic E-state index is 12.0. The van der Waals surface area contributed by atoms with Crippen molar-refractivity contribution in [2.24, 2.45) is 10.9 Å². The van der Waals surface area contributed by atoms with Gasteiger partial charge in [-0.15, -0.1) is 0 Å². The highest BCUT2D eigenvalue weighted by molar-refractivity contribution is 9.11. The van der Waals surface area contributed by atoms with Crippen molar-refractivity contribution in [1.82, 2.24) is 4.31 Å². The fraction of sp³-hybridized carbons (Fsp3) is 0.480. The van der Waals surface area contributed by atoms with Crippen molar-refractivity contribution in [2.45, 2.75) is 53.4 Å². The van der Waals surface area contributed by atoms with Gasteiger partial charge >= 0.3 is 0 Å². The molecule has 0 spiro atoms. The lowest BCUT2D eigenvalue weighted by atomic mass is 9.74. The molecule has 2 rings (SSSR count). The van der Waals surface area contributed by atoms with E-state index in [9.17, 15) is 8.42 Å². The van der Waals surface area contributed by atoms with E-state index in [1.54, 1.807) is 10.5 Å². The molecule has 0 N–H and O–H groups in total. The minimum Gasteiger partial charge on any atom is -0.261 e. The smallest absolute Gasteiger partial charge is 0.211 e. The van der Waals surface area contributed by atoms with E-state index in [4.69, 9.17) is 16.6 Å². The van der Waals surface area contributed by atoms with E-state index >= 15 is 0 Å². The zero-order valence-electron chi connectivity index (χ0n) is 20.0. The zero-order chi connectivity index (χ0) is 24.5. The van der Waals surface area contributed by atoms with Crippen LogP contribution in [0.2, 0.25) is 5.02 Å². The molecule has 178 valence electrons. The molecule has 32 heavy (non-hydrogen) atoms. The third-order valence-electron chi connectivity index (χ3n) is 5.27. The van der Waals surface area contributed by atoms with E-state index in [-0.39, 0.29) is 11.8 Å². The van der Waals surface area contributed by atoms with Gasteiger partial charge in [-0.1, -0.05) is 60.1 Å². The standard InChI is InChI=1S/C23H30BrClN2O2S.C2H6/c1-6-11-26-23(16(2)3)22(18-9-12-27(13-10-18)30(5,28)29)21-8-7-20(25)15-19(21)14-17(4)24;1-2/h6-8,11,14-15,18,22H,2,9-10,12-13H2,1,3-5H3;1-2H3/b11-6-,17-14+,26-23?;. The Morgan fingerprint density at radius 3 is 2.34 bits per heavy atom. The van der Waals surface area contributed by atoms with Crippen LogP contribution in [0, 0.1) is 5.92 Å². The van der Waals surface area contributed by atoms with E-state index < -0.39 is 10.0 Å². The molecule has 1 saturated heterocycles. The zero-order valence-corrected chi connectivity index (χ0v) is 23.2. The second-order valence-electron chi connectivity index (χ2n) is 7.76. The number of hydrogen-bond acceptors (Lipinski definition) is 3. The molecule has 1 aromatic rings. The second kappa shape index (κ2) is 13.5. The monoisotopic (exact) mass is 542 g/mol. The van der Waals surface area contributed by atoms with Crippen molar-refractivity contribution in [2.75, 3.05) is 19.3 Å². The Hall–Kier alpha value is -1.21. The van der Waals surface area contributed by atoms with E-state index in [0.29, 0.717) is 18.1 Å². The van der Waals surface area contributed by atoms with Crippen molar-refractivity contribution in [3.05, 3.63) is 63.3 Å². The van der Waals surface area contributed by atoms with Gasteiger partial charge in [0.1, 0.15) is 0 Å². The number of benzene rings is 1. The quantitative estimate of drug-likeness (QED) is 0.336. The fourth-order valence-corrected chi connectivity index (χ4v) is 5.25. The highest BCUT2D eigenvalue weighted by Gasteiger charge is 2.34. The van der Waals surface area contributed by atoms with Gasteiger partial charge in [-0.25, -0.2) is 12.7 Å². The maximum absolute atomic E-state index is 12.0. The SMILES string of the molecule is C=C(C)C(=N/C=C\C)C(c1ccc(Cl)cc1/C=C(\C)Br)C1CCN(S(C)(=O)=O)CC1.CC. The molecule has 0 saturated carbocycles. The Bertz CT molecular complexity index is 972. The van der Waals surface area contributed by atoms with Gasteiger partial charge in [-0.3, -0.25) is 4.99 Å². The van der Waals surface area contributed by atoms with Gasteiger partial charge in [0.25, 0.3) is 0 Å². The molecule has 7 heteroatoms. The summed E-state index contributed by atoms with van der Waals surface area (Å²) in [6.07, 6.45) is 8.56. The number of allylic oxidation sites excluding steroid dienone is 3. The summed E-state index contributed by atoms with van der Waals surface area (Å²) >= 11 is 9.85. The number of aliphatic imine (C=N–C) groups is 1. The van der Waals surface area contributed by atoms with Crippen LogP contribution in [-0.4, -0.2) is 37.8 Å². The summed E-state index contributed by atoms with van der Waals surface area (Å²) in [5.41, 5.74) is 3.99. The van der Waals surface area contributed by atoms with E-state index in [0.717, 1.165) is 39.7 Å². The van der Waals surface area contributed by atoms with E-state index in [1.807, 2.05) is 52.8 Å². The molecule has 0 amide bonds. The van der Waals surface area contributed by atoms with Crippen LogP contribution in [0.5, 0.6) is 0 Å². The average Bonchev–Trinajstić information content (AvgIpc) is 2.72. The van der Waals surface area contributed by atoms with E-state index in [2.05, 4.69) is 34.7 Å². The van der Waals surface area contributed by atoms with Gasteiger partial charge in [0.15, 0.2) is 0 Å². The summed E-state index contributed by atoms with van der Waals surface area (Å²) in [7, 11) is -3.18. The van der Waals surface area contributed by atoms with Crippen LogP contribution in [-0.2, 0) is 10.0 Å². The van der Waals surface area contributed by atoms with Crippen LogP contribution < -0.4 is 0 Å². The van der Waals surface area contributed by atoms with Crippen molar-refractivity contribution in [3.8, 4) is 0 Å². The normalized spacial score (nSPS) is 17.8. The molecule has 0 radical (unpaired) electrons. The highest BCUT2D eigenvalue weighted by atomic mass is 79.9. The predicted octanol–water partition coefficient (Wildman–Crippen LogP) is 7.43. The van der Waals surface area contributed by atoms with E-state index in [1.165, 1.54) is 6.26 Å². The molecule has 0 aliphatic carbocycles. The molecule has 1 aliphatic rings. The Balaban J connectivity index is 0.00000249. The van der Waals surface area contributed by atoms with Gasteiger partial charge in [-0.05, 0) is 78.9 Å². The molecule has 4 nitrogen and oxygen atoms in total. The molecule has 1 heterocycles. The van der Waals surface area contributed by atoms with Crippen LogP contribution in [0.3, 0.4) is 0 Å². The van der Waals surface area contributed by atoms with Gasteiger partial charge < -0.3 is 0 Å². The molecule has 1 atom stereocenters. The number of hydrogen-bond donors (Lipinski definition) is 0. The number of sulfonamides is 1. The lowest BCUT2D eigenvalue weighted by Gasteiger charge is -2.36. The van der Waals surface area contributed by atoms with Crippen LogP contribution in [0.15, 0.2) is 52.1 Å². The molecule has 1 fully saturated rings. The van der Waals surface area contributed by atoms with Gasteiger partial charge in [-0.2, -0.15) is 0 Å². The van der Waals surface area contributed by atoms with Gasteiger partial charge in [0.2, 0.25) is 10.0 Å². The van der Waals surface area contributed by atoms with Crippen molar-refractivity contribution >= 4 is 49.3 Å². The molecule has 1 unspecified atom stereocenters. The summed E-state index contributed by atoms with van der Waals surface area (Å²) in [5.74, 6) is 0.239. The molecule has 0 aromatic heterocycles. The Morgan fingerprint density at radius 1 is 1.28 bits per heavy atom. The van der Waals surface area contributed by atoms with Crippen molar-refractivity contribution in [1.29, 1.82) is 0 Å². The minimum atomic E-state index is -3.18. The summed E-state index contributed by atoms with van der Waals surface area (Å²) in [6, 6.07) is 5.93. The maximum Gasteiger partial charge on any atom is 0.211 e. The topological polar surface area (TPSA) is 49.7 Å². The third kappa shape index (κ3) is 8.29. The van der Waals surface area contributed by atoms with Gasteiger partial charge in [0.05, 0.1) is 12.0 Å². The third-order valence-corrected chi connectivity index (χ3v) is 7.04. The van der Waals surface area contributed by atoms with Crippen molar-refractivity contribution < 1.29 is 8.42 Å². The first-order chi connectivity index (χ1) is 15.0. The number of piperidine rings is 1. The average molecular weight is 544 g/mol. The minimum absolute atomic E-state index is 0.00391. The number of rotatable bonds is 7. The molecular weight excluding hydrogens is 508 g/mol. The second-order valence-corrected chi connectivity index (χ2v) is 11.4. The highest BCUT2D eigenvalue weighted by Crippen LogP contribution is 2.39. The first-order valence-corrected chi connectivity index (χ1v) is 14.0. The van der Waals surface area contributed by atoms with Gasteiger partial charge in [0, 0.05) is 30.2 Å². The first kappa shape index (κ1) is 28.8. The fourth-order valence-electron chi connectivity index (χ4n) is 3.94. The lowest BCUT2D eigenvalue weighted by Crippen LogP contribution is -2.40. The Labute approximate surface area is 208 Å². The first-order valence-electron chi connectivity index (χ1n) is 11.0. The Kier molecular flexibility index (Phi) is 12.1. The molecule has 1 aromatic carbocycles. The molecule has 1 aliphatic heterocycles. The largest absolute Gasteiger partial charge is 0.261 e. The van der Waals surface area contributed by atoms with Crippen LogP contribution >= 0.6 is 27.5 Å². The molecular formula is C25H36BrClN2O2S. The summed E-state index contributed by atoms with van der Waals surface area (Å²) in [5, 5.41) is 0.673. The summed E-state index contributed by atoms with van der Waals surface area (Å²) in [6.45, 7) is 15.1. The number of halogens is 2. The predicted molar refractivity (Wildman–Crippen MR) is 144 cm³/mol. The van der Waals surface area contributed by atoms with Crippen molar-refractivity contribution in [3.63, 3.8) is 0 Å². The summed E-state index contributed by atoms with van der Waals surface area (Å²) < 4.78 is 26.5. The van der Waals surface area contributed by atoms with Crippen LogP contribution in [0.1, 0.15) is 64.5 Å². The Morgan fingerprint density at radius 2 is 1.88 bits per heavy atom. The number of nitrogens with zero attached hydrogens (tertiary/aromatic N) is 2. The summed E-state index contributed by atoms with van der Waals surface area (Å²) in [4.78, 5) is 4.74. The lowest BCUT2D eigenvalue weighted by molar-refractivity contribution is 0.265. The van der Waals surface area contributed by atoms with Crippen LogP contribution in [0.4, 0.5) is 0 Å². The molecule has 0 bridgehead atoms. The van der Waals surface area contributed by atoms with Crippen LogP contribution in [0.25, 0.3) is 6.08 Å².